The lowest BCUT2D eigenvalue weighted by Gasteiger charge is -2.31. The van der Waals surface area contributed by atoms with Crippen LogP contribution in [0, 0.1) is 11.8 Å². The molecule has 3 rings (SSSR count). The number of rotatable bonds is 10. The molecule has 0 N–H and O–H groups in total. The molecule has 2 saturated heterocycles. The minimum absolute atomic E-state index is 0.00202. The zero-order chi connectivity index (χ0) is 23.1. The smallest absolute Gasteiger partial charge is 0.253 e. The molecule has 2 aliphatic heterocycles. The Labute approximate surface area is 195 Å². The number of amides is 1. The van der Waals surface area contributed by atoms with Crippen LogP contribution in [0.4, 0.5) is 0 Å². The zero-order valence-corrected chi connectivity index (χ0v) is 20.9. The number of hydrogen-bond acceptors (Lipinski definition) is 4. The van der Waals surface area contributed by atoms with Gasteiger partial charge in [-0.05, 0) is 81.3 Å². The summed E-state index contributed by atoms with van der Waals surface area (Å²) in [6.45, 7) is 12.2. The van der Waals surface area contributed by atoms with Crippen molar-refractivity contribution < 1.29 is 13.2 Å². The molecule has 7 heteroatoms. The minimum atomic E-state index is -3.51. The van der Waals surface area contributed by atoms with Crippen molar-refractivity contribution in [2.24, 2.45) is 11.8 Å². The summed E-state index contributed by atoms with van der Waals surface area (Å²) in [5.41, 5.74) is 0.569. The molecule has 2 fully saturated rings. The van der Waals surface area contributed by atoms with E-state index in [1.165, 1.54) is 12.8 Å². The first kappa shape index (κ1) is 25.2. The van der Waals surface area contributed by atoms with Crippen LogP contribution in [0.3, 0.4) is 0 Å². The van der Waals surface area contributed by atoms with Crippen LogP contribution in [0.2, 0.25) is 0 Å². The maximum Gasteiger partial charge on any atom is 0.253 e. The number of hydrogen-bond donors (Lipinski definition) is 0. The number of nitrogens with zero attached hydrogens (tertiary/aromatic N) is 3. The molecule has 2 aliphatic rings. The number of carbonyl (C=O) groups excluding carboxylic acids is 1. The number of piperidine rings is 1. The van der Waals surface area contributed by atoms with Crippen LogP contribution in [-0.2, 0) is 10.0 Å². The number of carbonyl (C=O) groups is 1. The molecule has 0 bridgehead atoms. The number of likely N-dealkylation sites (tertiary alicyclic amines) is 1. The highest BCUT2D eigenvalue weighted by Crippen LogP contribution is 2.25. The van der Waals surface area contributed by atoms with E-state index in [-0.39, 0.29) is 10.8 Å². The van der Waals surface area contributed by atoms with Gasteiger partial charge in [-0.1, -0.05) is 27.2 Å². The van der Waals surface area contributed by atoms with E-state index in [1.54, 1.807) is 28.6 Å². The molecule has 0 aliphatic carbocycles. The van der Waals surface area contributed by atoms with Crippen molar-refractivity contribution in [3.05, 3.63) is 29.8 Å². The van der Waals surface area contributed by atoms with E-state index in [2.05, 4.69) is 25.7 Å². The first-order valence-electron chi connectivity index (χ1n) is 12.4. The summed E-state index contributed by atoms with van der Waals surface area (Å²) in [4.78, 5) is 17.9. The molecule has 1 amide bonds. The van der Waals surface area contributed by atoms with E-state index in [1.807, 2.05) is 4.90 Å². The molecule has 0 aromatic heterocycles. The monoisotopic (exact) mass is 463 g/mol. The van der Waals surface area contributed by atoms with E-state index in [0.717, 1.165) is 58.4 Å². The van der Waals surface area contributed by atoms with Gasteiger partial charge in [-0.3, -0.25) is 4.79 Å². The molecule has 0 radical (unpaired) electrons. The predicted molar refractivity (Wildman–Crippen MR) is 129 cm³/mol. The van der Waals surface area contributed by atoms with E-state index in [4.69, 9.17) is 0 Å². The van der Waals surface area contributed by atoms with Crippen molar-refractivity contribution in [3.63, 3.8) is 0 Å². The molecule has 1 atom stereocenters. The summed E-state index contributed by atoms with van der Waals surface area (Å²) in [7, 11) is -3.51. The molecule has 6 nitrogen and oxygen atoms in total. The van der Waals surface area contributed by atoms with Crippen molar-refractivity contribution in [2.75, 3.05) is 45.8 Å². The predicted octanol–water partition coefficient (Wildman–Crippen LogP) is 4.08. The Morgan fingerprint density at radius 1 is 1.06 bits per heavy atom. The fourth-order valence-corrected chi connectivity index (χ4v) is 6.23. The van der Waals surface area contributed by atoms with Gasteiger partial charge in [-0.25, -0.2) is 8.42 Å². The lowest BCUT2D eigenvalue weighted by atomic mass is 9.97. The fourth-order valence-electron chi connectivity index (χ4n) is 4.68. The van der Waals surface area contributed by atoms with Crippen molar-refractivity contribution in [2.45, 2.75) is 64.2 Å². The minimum Gasteiger partial charge on any atom is -0.337 e. The molecular weight excluding hydrogens is 422 g/mol. The Kier molecular flexibility index (Phi) is 9.14. The van der Waals surface area contributed by atoms with Gasteiger partial charge in [0.05, 0.1) is 4.90 Å². The Morgan fingerprint density at radius 2 is 1.75 bits per heavy atom. The van der Waals surface area contributed by atoms with Gasteiger partial charge in [0.1, 0.15) is 0 Å². The van der Waals surface area contributed by atoms with E-state index in [9.17, 15) is 13.2 Å². The van der Waals surface area contributed by atoms with Gasteiger partial charge >= 0.3 is 0 Å². The first-order chi connectivity index (χ1) is 15.3. The highest BCUT2D eigenvalue weighted by Gasteiger charge is 2.30. The second kappa shape index (κ2) is 11.6. The number of sulfonamides is 1. The van der Waals surface area contributed by atoms with Crippen LogP contribution in [-0.4, -0.2) is 74.2 Å². The second-order valence-corrected chi connectivity index (χ2v) is 11.8. The van der Waals surface area contributed by atoms with Crippen LogP contribution in [0.15, 0.2) is 29.2 Å². The third-order valence-electron chi connectivity index (χ3n) is 6.95. The largest absolute Gasteiger partial charge is 0.337 e. The third-order valence-corrected chi connectivity index (χ3v) is 8.83. The summed E-state index contributed by atoms with van der Waals surface area (Å²) >= 11 is 0. The molecule has 32 heavy (non-hydrogen) atoms. The molecule has 1 aromatic rings. The Balaban J connectivity index is 1.69. The molecule has 1 aromatic carbocycles. The summed E-state index contributed by atoms with van der Waals surface area (Å²) in [5.74, 6) is 0.961. The average molecular weight is 464 g/mol. The summed E-state index contributed by atoms with van der Waals surface area (Å²) in [6, 6.07) is 6.60. The SMILES string of the molecule is CCC1CCCN(S(=O)(=O)c2ccc(C(=O)N(CCC(C)C)CCN3CCCC3)cc2)C1. The van der Waals surface area contributed by atoms with Crippen molar-refractivity contribution in [1.29, 1.82) is 0 Å². The molecule has 0 saturated carbocycles. The highest BCUT2D eigenvalue weighted by molar-refractivity contribution is 7.89. The van der Waals surface area contributed by atoms with Crippen LogP contribution in [0.5, 0.6) is 0 Å². The second-order valence-electron chi connectivity index (χ2n) is 9.83. The van der Waals surface area contributed by atoms with Crippen molar-refractivity contribution >= 4 is 15.9 Å². The normalized spacial score (nSPS) is 20.7. The highest BCUT2D eigenvalue weighted by atomic mass is 32.2. The maximum atomic E-state index is 13.3. The van der Waals surface area contributed by atoms with Gasteiger partial charge in [0.2, 0.25) is 10.0 Å². The standard InChI is InChI=1S/C25H41N3O3S/c1-4-22-8-7-16-28(20-22)32(30,31)24-11-9-23(10-12-24)25(29)27(17-13-21(2)3)19-18-26-14-5-6-15-26/h9-12,21-22H,4-8,13-20H2,1-3H3. The topological polar surface area (TPSA) is 60.9 Å². The van der Waals surface area contributed by atoms with Gasteiger partial charge in [-0.15, -0.1) is 0 Å². The Hall–Kier alpha value is -1.44. The summed E-state index contributed by atoms with van der Waals surface area (Å²) < 4.78 is 27.8. The van der Waals surface area contributed by atoms with Crippen LogP contribution >= 0.6 is 0 Å². The molecule has 1 unspecified atom stereocenters. The van der Waals surface area contributed by atoms with Crippen LogP contribution < -0.4 is 0 Å². The third kappa shape index (κ3) is 6.55. The van der Waals surface area contributed by atoms with Crippen LogP contribution in [0.25, 0.3) is 0 Å². The number of benzene rings is 1. The van der Waals surface area contributed by atoms with E-state index >= 15 is 0 Å². The molecule has 180 valence electrons. The van der Waals surface area contributed by atoms with Gasteiger partial charge in [-0.2, -0.15) is 4.31 Å². The first-order valence-corrected chi connectivity index (χ1v) is 13.9. The van der Waals surface area contributed by atoms with E-state index < -0.39 is 10.0 Å². The quantitative estimate of drug-likeness (QED) is 0.525. The summed E-state index contributed by atoms with van der Waals surface area (Å²) in [6.07, 6.45) is 6.46. The zero-order valence-electron chi connectivity index (χ0n) is 20.1. The van der Waals surface area contributed by atoms with Crippen molar-refractivity contribution in [3.8, 4) is 0 Å². The lowest BCUT2D eigenvalue weighted by molar-refractivity contribution is 0.0732. The molecular formula is C25H41N3O3S. The fraction of sp³-hybridized carbons (Fsp3) is 0.720. The van der Waals surface area contributed by atoms with Crippen molar-refractivity contribution in [1.82, 2.24) is 14.1 Å². The van der Waals surface area contributed by atoms with Crippen LogP contribution in [0.1, 0.15) is 69.7 Å². The van der Waals surface area contributed by atoms with Gasteiger partial charge < -0.3 is 9.80 Å². The van der Waals surface area contributed by atoms with Gasteiger partial charge in [0, 0.05) is 38.3 Å². The molecule has 2 heterocycles. The lowest BCUT2D eigenvalue weighted by Crippen LogP contribution is -2.40. The van der Waals surface area contributed by atoms with Gasteiger partial charge in [0.15, 0.2) is 0 Å². The Morgan fingerprint density at radius 3 is 2.38 bits per heavy atom. The Bertz CT molecular complexity index is 832. The maximum absolute atomic E-state index is 13.3. The molecule has 0 spiro atoms. The average Bonchev–Trinajstić information content (AvgIpc) is 3.32. The summed E-state index contributed by atoms with van der Waals surface area (Å²) in [5, 5.41) is 0. The van der Waals surface area contributed by atoms with Gasteiger partial charge in [0.25, 0.3) is 5.91 Å². The van der Waals surface area contributed by atoms with E-state index in [0.29, 0.717) is 30.5 Å².